The van der Waals surface area contributed by atoms with Gasteiger partial charge in [-0.15, -0.1) is 0 Å². The van der Waals surface area contributed by atoms with Gasteiger partial charge in [0, 0.05) is 36.1 Å². The van der Waals surface area contributed by atoms with E-state index >= 15 is 0 Å². The van der Waals surface area contributed by atoms with E-state index in [-0.39, 0.29) is 17.7 Å². The molecule has 5 nitrogen and oxygen atoms in total. The third kappa shape index (κ3) is 3.82. The number of phenols is 1. The monoisotopic (exact) mass is 405 g/mol. The molecule has 1 aromatic heterocycles. The molecule has 1 aliphatic rings. The van der Waals surface area contributed by atoms with Crippen LogP contribution >= 0.6 is 0 Å². The number of phenolic OH excluding ortho intramolecular Hbond substituents is 1. The van der Waals surface area contributed by atoms with E-state index in [1.165, 1.54) is 16.5 Å². The maximum absolute atomic E-state index is 13.3. The van der Waals surface area contributed by atoms with E-state index in [0.717, 1.165) is 42.8 Å². The Hall–Kier alpha value is -2.79. The van der Waals surface area contributed by atoms with E-state index in [1.54, 1.807) is 12.1 Å². The Balaban J connectivity index is 1.74. The van der Waals surface area contributed by atoms with Crippen LogP contribution in [0.15, 0.2) is 42.5 Å². The highest BCUT2D eigenvalue weighted by Gasteiger charge is 2.34. The average molecular weight is 406 g/mol. The van der Waals surface area contributed by atoms with Crippen LogP contribution < -0.4 is 0 Å². The van der Waals surface area contributed by atoms with Gasteiger partial charge in [-0.25, -0.2) is 0 Å². The summed E-state index contributed by atoms with van der Waals surface area (Å²) >= 11 is 0. The number of nitrogens with one attached hydrogen (secondary N) is 1. The van der Waals surface area contributed by atoms with Gasteiger partial charge in [-0.2, -0.15) is 0 Å². The molecule has 0 fully saturated rings. The zero-order valence-corrected chi connectivity index (χ0v) is 18.1. The predicted octanol–water partition coefficient (Wildman–Crippen LogP) is 4.39. The fourth-order valence-electron chi connectivity index (χ4n) is 4.65. The van der Waals surface area contributed by atoms with Crippen molar-refractivity contribution < 1.29 is 9.90 Å². The van der Waals surface area contributed by atoms with Gasteiger partial charge in [-0.1, -0.05) is 37.6 Å². The molecule has 2 N–H and O–H groups in total. The van der Waals surface area contributed by atoms with Crippen LogP contribution in [0.4, 0.5) is 0 Å². The molecule has 0 bridgehead atoms. The lowest BCUT2D eigenvalue weighted by Gasteiger charge is -2.37. The van der Waals surface area contributed by atoms with Gasteiger partial charge in [0.2, 0.25) is 5.91 Å². The number of H-pyrrole nitrogens is 1. The van der Waals surface area contributed by atoms with Crippen molar-refractivity contribution >= 4 is 16.8 Å². The molecule has 5 heteroatoms. The first-order valence-corrected chi connectivity index (χ1v) is 10.9. The summed E-state index contributed by atoms with van der Waals surface area (Å²) in [5, 5.41) is 11.4. The van der Waals surface area contributed by atoms with Crippen molar-refractivity contribution in [3.8, 4) is 5.75 Å². The first kappa shape index (κ1) is 20.5. The fourth-order valence-corrected chi connectivity index (χ4v) is 4.65. The number of aromatic nitrogens is 1. The van der Waals surface area contributed by atoms with Crippen LogP contribution in [0.1, 0.15) is 48.7 Å². The zero-order chi connectivity index (χ0) is 21.3. The van der Waals surface area contributed by atoms with Gasteiger partial charge >= 0.3 is 0 Å². The van der Waals surface area contributed by atoms with E-state index in [1.807, 2.05) is 17.0 Å². The van der Waals surface area contributed by atoms with Gasteiger partial charge < -0.3 is 19.9 Å². The minimum Gasteiger partial charge on any atom is -0.508 e. The molecule has 158 valence electrons. The standard InChI is InChI=1S/C25H31N3O2/c1-4-27(5-2)13-12-23(30)28-14-11-20-21-15-17(3)9-10-22(21)26-24(20)25(28)18-7-6-8-19(29)16-18/h6-10,15-16,25-26,29H,4-5,11-14H2,1-3H3. The molecule has 0 saturated carbocycles. The lowest BCUT2D eigenvalue weighted by molar-refractivity contribution is -0.133. The first-order chi connectivity index (χ1) is 14.5. The number of fused-ring (bicyclic) bond motifs is 3. The van der Waals surface area contributed by atoms with Crippen molar-refractivity contribution in [3.05, 3.63) is 64.8 Å². The molecular formula is C25H31N3O2. The summed E-state index contributed by atoms with van der Waals surface area (Å²) in [4.78, 5) is 21.2. The topological polar surface area (TPSA) is 59.6 Å². The van der Waals surface area contributed by atoms with Gasteiger partial charge in [0.15, 0.2) is 0 Å². The summed E-state index contributed by atoms with van der Waals surface area (Å²) in [7, 11) is 0. The summed E-state index contributed by atoms with van der Waals surface area (Å²) in [5.41, 5.74) is 5.64. The molecule has 4 rings (SSSR count). The van der Waals surface area contributed by atoms with Gasteiger partial charge in [0.05, 0.1) is 6.04 Å². The SMILES string of the molecule is CCN(CC)CCC(=O)N1CCc2c([nH]c3ccc(C)cc23)C1c1cccc(O)c1. The van der Waals surface area contributed by atoms with Gasteiger partial charge in [0.1, 0.15) is 5.75 Å². The van der Waals surface area contributed by atoms with Gasteiger partial charge in [-0.3, -0.25) is 4.79 Å². The summed E-state index contributed by atoms with van der Waals surface area (Å²) in [6.45, 7) is 9.72. The Labute approximate surface area is 178 Å². The summed E-state index contributed by atoms with van der Waals surface area (Å²) in [6, 6.07) is 13.6. The molecule has 1 amide bonds. The Morgan fingerprint density at radius 1 is 1.20 bits per heavy atom. The molecule has 0 spiro atoms. The molecule has 2 heterocycles. The molecule has 0 radical (unpaired) electrons. The molecule has 30 heavy (non-hydrogen) atoms. The summed E-state index contributed by atoms with van der Waals surface area (Å²) < 4.78 is 0. The molecule has 0 saturated heterocycles. The normalized spacial score (nSPS) is 16.3. The van der Waals surface area contributed by atoms with Crippen molar-refractivity contribution in [1.82, 2.24) is 14.8 Å². The van der Waals surface area contributed by atoms with Crippen molar-refractivity contribution in [2.45, 2.75) is 39.7 Å². The van der Waals surface area contributed by atoms with Crippen LogP contribution in [0.2, 0.25) is 0 Å². The van der Waals surface area contributed by atoms with Gasteiger partial charge in [-0.05, 0) is 61.8 Å². The highest BCUT2D eigenvalue weighted by molar-refractivity contribution is 5.87. The molecule has 1 unspecified atom stereocenters. The number of hydrogen-bond donors (Lipinski definition) is 2. The number of carbonyl (C=O) groups excluding carboxylic acids is 1. The lowest BCUT2D eigenvalue weighted by atomic mass is 9.91. The zero-order valence-electron chi connectivity index (χ0n) is 18.1. The number of amides is 1. The molecule has 1 atom stereocenters. The molecule has 1 aliphatic heterocycles. The molecular weight excluding hydrogens is 374 g/mol. The van der Waals surface area contributed by atoms with Crippen molar-refractivity contribution in [2.24, 2.45) is 0 Å². The van der Waals surface area contributed by atoms with E-state index < -0.39 is 0 Å². The second kappa shape index (κ2) is 8.52. The van der Waals surface area contributed by atoms with E-state index in [9.17, 15) is 9.90 Å². The number of nitrogens with zero attached hydrogens (tertiary/aromatic N) is 2. The maximum atomic E-state index is 13.3. The van der Waals surface area contributed by atoms with Crippen LogP contribution in [-0.2, 0) is 11.2 Å². The Kier molecular flexibility index (Phi) is 5.82. The van der Waals surface area contributed by atoms with Crippen molar-refractivity contribution in [1.29, 1.82) is 0 Å². The number of rotatable bonds is 6. The Morgan fingerprint density at radius 2 is 2.00 bits per heavy atom. The number of carbonyl (C=O) groups is 1. The van der Waals surface area contributed by atoms with E-state index in [2.05, 4.69) is 48.9 Å². The Morgan fingerprint density at radius 3 is 2.73 bits per heavy atom. The third-order valence-electron chi connectivity index (χ3n) is 6.33. The molecule has 2 aromatic carbocycles. The largest absolute Gasteiger partial charge is 0.508 e. The highest BCUT2D eigenvalue weighted by atomic mass is 16.3. The average Bonchev–Trinajstić information content (AvgIpc) is 3.11. The third-order valence-corrected chi connectivity index (χ3v) is 6.33. The quantitative estimate of drug-likeness (QED) is 0.639. The van der Waals surface area contributed by atoms with Gasteiger partial charge in [0.25, 0.3) is 0 Å². The summed E-state index contributed by atoms with van der Waals surface area (Å²) in [6.07, 6.45) is 1.34. The maximum Gasteiger partial charge on any atom is 0.224 e. The van der Waals surface area contributed by atoms with Crippen molar-refractivity contribution in [3.63, 3.8) is 0 Å². The second-order valence-electron chi connectivity index (χ2n) is 8.18. The summed E-state index contributed by atoms with van der Waals surface area (Å²) in [5.74, 6) is 0.387. The molecule has 0 aliphatic carbocycles. The number of benzene rings is 2. The first-order valence-electron chi connectivity index (χ1n) is 10.9. The lowest BCUT2D eigenvalue weighted by Crippen LogP contribution is -2.42. The van der Waals surface area contributed by atoms with Crippen molar-refractivity contribution in [2.75, 3.05) is 26.2 Å². The van der Waals surface area contributed by atoms with E-state index in [0.29, 0.717) is 13.0 Å². The van der Waals surface area contributed by atoms with Crippen LogP contribution in [0.3, 0.4) is 0 Å². The predicted molar refractivity (Wildman–Crippen MR) is 121 cm³/mol. The highest BCUT2D eigenvalue weighted by Crippen LogP contribution is 2.39. The van der Waals surface area contributed by atoms with Crippen LogP contribution in [-0.4, -0.2) is 52.0 Å². The number of hydrogen-bond acceptors (Lipinski definition) is 3. The van der Waals surface area contributed by atoms with E-state index in [4.69, 9.17) is 0 Å². The van der Waals surface area contributed by atoms with Crippen LogP contribution in [0, 0.1) is 6.92 Å². The van der Waals surface area contributed by atoms with Crippen LogP contribution in [0.25, 0.3) is 10.9 Å². The number of aryl methyl sites for hydroxylation is 1. The minimum atomic E-state index is -0.210. The Bertz CT molecular complexity index is 1050. The second-order valence-corrected chi connectivity index (χ2v) is 8.18. The fraction of sp³-hybridized carbons (Fsp3) is 0.400. The number of aromatic hydroxyl groups is 1. The van der Waals surface area contributed by atoms with Crippen LogP contribution in [0.5, 0.6) is 5.75 Å². The molecule has 3 aromatic rings. The number of aromatic amines is 1. The smallest absolute Gasteiger partial charge is 0.224 e. The minimum absolute atomic E-state index is 0.163.